The Morgan fingerprint density at radius 1 is 0.358 bits per heavy atom. The molecule has 400 valence electrons. The van der Waals surface area contributed by atoms with Crippen LogP contribution in [-0.4, -0.2) is 46.1 Å². The second-order valence-electron chi connectivity index (χ2n) is 21.6. The summed E-state index contributed by atoms with van der Waals surface area (Å²) in [7, 11) is 0. The first-order valence-electron chi connectivity index (χ1n) is 31.0. The van der Waals surface area contributed by atoms with Gasteiger partial charge in [-0.1, -0.05) is 321 Å². The number of unbranched alkanes of at least 4 members (excludes halogenated alkanes) is 48. The van der Waals surface area contributed by atoms with Crippen LogP contribution in [0.4, 0.5) is 0 Å². The molecule has 0 bridgehead atoms. The molecule has 0 spiro atoms. The van der Waals surface area contributed by atoms with Gasteiger partial charge in [-0.15, -0.1) is 0 Å². The highest BCUT2D eigenvalue weighted by atomic mass is 16.3. The topological polar surface area (TPSA) is 89.8 Å². The summed E-state index contributed by atoms with van der Waals surface area (Å²) in [5.74, 6) is -0.146. The van der Waals surface area contributed by atoms with Crippen LogP contribution in [0.2, 0.25) is 0 Å². The van der Waals surface area contributed by atoms with Crippen molar-refractivity contribution in [1.29, 1.82) is 0 Å². The number of carbonyl (C=O) groups is 1. The fourth-order valence-corrected chi connectivity index (χ4v) is 10.1. The molecule has 0 aromatic heterocycles. The Balaban J connectivity index is 3.47. The van der Waals surface area contributed by atoms with Crippen molar-refractivity contribution in [2.45, 2.75) is 372 Å². The lowest BCUT2D eigenvalue weighted by molar-refractivity contribution is -0.124. The van der Waals surface area contributed by atoms with Crippen molar-refractivity contribution in [2.75, 3.05) is 6.61 Å². The third kappa shape index (κ3) is 52.7. The Bertz CT molecular complexity index is 956. The molecular weight excluding hydrogens is 823 g/mol. The number of nitrogens with one attached hydrogen (secondary N) is 1. The number of amides is 1. The molecule has 3 unspecified atom stereocenters. The predicted octanol–water partition coefficient (Wildman–Crippen LogP) is 19.5. The largest absolute Gasteiger partial charge is 0.394 e. The lowest BCUT2D eigenvalue weighted by atomic mass is 10.0. The quantitative estimate of drug-likeness (QED) is 0.0361. The minimum Gasteiger partial charge on any atom is -0.394 e. The van der Waals surface area contributed by atoms with E-state index in [-0.39, 0.29) is 12.5 Å². The van der Waals surface area contributed by atoms with Gasteiger partial charge in [0.2, 0.25) is 5.91 Å². The van der Waals surface area contributed by atoms with Gasteiger partial charge in [0, 0.05) is 6.42 Å². The molecule has 0 aliphatic rings. The maximum absolute atomic E-state index is 12.5. The second-order valence-corrected chi connectivity index (χ2v) is 21.6. The minimum atomic E-state index is -1.16. The third-order valence-corrected chi connectivity index (χ3v) is 14.9. The van der Waals surface area contributed by atoms with E-state index in [4.69, 9.17) is 0 Å². The van der Waals surface area contributed by atoms with Gasteiger partial charge in [-0.25, -0.2) is 0 Å². The summed E-state index contributed by atoms with van der Waals surface area (Å²) in [6.45, 7) is 4.22. The van der Waals surface area contributed by atoms with E-state index in [9.17, 15) is 20.1 Å². The van der Waals surface area contributed by atoms with Gasteiger partial charge in [0.15, 0.2) is 0 Å². The number of hydrogen-bond donors (Lipinski definition) is 4. The maximum Gasteiger partial charge on any atom is 0.220 e. The molecule has 4 N–H and O–H groups in total. The predicted molar refractivity (Wildman–Crippen MR) is 296 cm³/mol. The molecule has 0 aromatic carbocycles. The highest BCUT2D eigenvalue weighted by molar-refractivity contribution is 5.76. The van der Waals surface area contributed by atoms with Crippen molar-refractivity contribution in [3.63, 3.8) is 0 Å². The average molecular weight is 947 g/mol. The lowest BCUT2D eigenvalue weighted by Crippen LogP contribution is -2.50. The maximum atomic E-state index is 12.5. The summed E-state index contributed by atoms with van der Waals surface area (Å²) in [5, 5.41) is 33.8. The smallest absolute Gasteiger partial charge is 0.220 e. The van der Waals surface area contributed by atoms with Gasteiger partial charge < -0.3 is 20.6 Å². The highest BCUT2D eigenvalue weighted by Gasteiger charge is 2.26. The minimum absolute atomic E-state index is 0.146. The summed E-state index contributed by atoms with van der Waals surface area (Å²) >= 11 is 0. The van der Waals surface area contributed by atoms with Crippen molar-refractivity contribution in [2.24, 2.45) is 0 Å². The van der Waals surface area contributed by atoms with E-state index in [0.29, 0.717) is 12.8 Å². The molecule has 0 aliphatic heterocycles. The molecular formula is C62H123NO4. The molecule has 67 heavy (non-hydrogen) atoms. The van der Waals surface area contributed by atoms with E-state index in [1.165, 1.54) is 289 Å². The van der Waals surface area contributed by atoms with Crippen LogP contribution in [0.25, 0.3) is 0 Å². The molecule has 5 nitrogen and oxygen atoms in total. The van der Waals surface area contributed by atoms with Crippen LogP contribution in [-0.2, 0) is 4.79 Å². The fourth-order valence-electron chi connectivity index (χ4n) is 10.1. The Hall–Kier alpha value is -0.910. The van der Waals surface area contributed by atoms with Gasteiger partial charge in [0.25, 0.3) is 0 Å². The number of carbonyl (C=O) groups excluding carboxylic acids is 1. The molecule has 0 aliphatic carbocycles. The molecule has 5 heteroatoms. The first kappa shape index (κ1) is 66.1. The van der Waals surface area contributed by atoms with Crippen LogP contribution in [0.3, 0.4) is 0 Å². The van der Waals surface area contributed by atoms with Gasteiger partial charge in [-0.05, 0) is 38.5 Å². The first-order valence-corrected chi connectivity index (χ1v) is 31.0. The summed E-state index contributed by atoms with van der Waals surface area (Å²) in [6, 6.07) is -0.823. The van der Waals surface area contributed by atoms with Crippen molar-refractivity contribution in [1.82, 2.24) is 5.32 Å². The summed E-state index contributed by atoms with van der Waals surface area (Å²) in [5.41, 5.74) is 0. The van der Waals surface area contributed by atoms with E-state index in [1.807, 2.05) is 0 Å². The van der Waals surface area contributed by atoms with Crippen LogP contribution in [0.5, 0.6) is 0 Å². The number of allylic oxidation sites excluding steroid dienone is 2. The number of aliphatic hydroxyl groups is 3. The fraction of sp³-hybridized carbons (Fsp3) is 0.952. The van der Waals surface area contributed by atoms with E-state index in [1.54, 1.807) is 0 Å². The average Bonchev–Trinajstić information content (AvgIpc) is 3.33. The Kier molecular flexibility index (Phi) is 56.9. The second kappa shape index (κ2) is 57.7. The Morgan fingerprint density at radius 2 is 0.597 bits per heavy atom. The zero-order chi connectivity index (χ0) is 48.6. The molecule has 0 rings (SSSR count). The van der Waals surface area contributed by atoms with E-state index in [0.717, 1.165) is 38.5 Å². The van der Waals surface area contributed by atoms with E-state index < -0.39 is 18.2 Å². The molecule has 1 amide bonds. The van der Waals surface area contributed by atoms with Crippen molar-refractivity contribution in [3.05, 3.63) is 12.2 Å². The van der Waals surface area contributed by atoms with Crippen molar-refractivity contribution in [3.8, 4) is 0 Å². The summed E-state index contributed by atoms with van der Waals surface area (Å²) in [6.07, 6.45) is 72.6. The number of hydrogen-bond acceptors (Lipinski definition) is 4. The van der Waals surface area contributed by atoms with Gasteiger partial charge >= 0.3 is 0 Å². The van der Waals surface area contributed by atoms with Gasteiger partial charge in [0.05, 0.1) is 18.8 Å². The van der Waals surface area contributed by atoms with Crippen LogP contribution in [0.1, 0.15) is 354 Å². The van der Waals surface area contributed by atoms with Gasteiger partial charge in [0.1, 0.15) is 6.10 Å². The monoisotopic (exact) mass is 946 g/mol. The third-order valence-electron chi connectivity index (χ3n) is 14.9. The van der Waals surface area contributed by atoms with Crippen molar-refractivity contribution < 1.29 is 20.1 Å². The molecule has 0 aromatic rings. The highest BCUT2D eigenvalue weighted by Crippen LogP contribution is 2.19. The van der Waals surface area contributed by atoms with E-state index >= 15 is 0 Å². The Labute approximate surface area is 420 Å². The summed E-state index contributed by atoms with van der Waals surface area (Å²) < 4.78 is 0. The standard InChI is InChI=1S/C62H123NO4/c1-3-5-7-9-11-13-15-17-19-21-23-25-26-27-28-29-30-31-32-33-34-35-36-37-39-41-43-45-47-49-51-53-55-57-61(66)63-59(58-64)62(67)60(65)56-54-52-50-48-46-44-42-40-38-24-22-20-18-16-14-12-10-8-6-4-2/h48,50,59-60,62,64-65,67H,3-47,49,51-58H2,1-2H3,(H,63,66)/b50-48+. The number of rotatable bonds is 58. The summed E-state index contributed by atoms with van der Waals surface area (Å²) in [4.78, 5) is 12.5. The first-order chi connectivity index (χ1) is 33.1. The molecule has 3 atom stereocenters. The SMILES string of the molecule is CCCCCCCCCCCCCCCCC/C=C/CCCC(O)C(O)C(CO)NC(=O)CCCCCCCCCCCCCCCCCCCCCCCCCCCCCCCCCCC. The van der Waals surface area contributed by atoms with Gasteiger partial charge in [-0.3, -0.25) is 4.79 Å². The zero-order valence-electron chi connectivity index (χ0n) is 45.8. The molecule has 0 saturated heterocycles. The normalized spacial score (nSPS) is 13.2. The van der Waals surface area contributed by atoms with Crippen LogP contribution in [0, 0.1) is 0 Å². The Morgan fingerprint density at radius 3 is 0.866 bits per heavy atom. The lowest BCUT2D eigenvalue weighted by Gasteiger charge is -2.26. The molecule has 0 heterocycles. The zero-order valence-corrected chi connectivity index (χ0v) is 45.8. The van der Waals surface area contributed by atoms with Gasteiger partial charge in [-0.2, -0.15) is 0 Å². The molecule has 0 saturated carbocycles. The van der Waals surface area contributed by atoms with E-state index in [2.05, 4.69) is 31.3 Å². The van der Waals surface area contributed by atoms with Crippen molar-refractivity contribution >= 4 is 5.91 Å². The van der Waals surface area contributed by atoms with Crippen LogP contribution < -0.4 is 5.32 Å². The molecule has 0 radical (unpaired) electrons. The van der Waals surface area contributed by atoms with Crippen LogP contribution in [0.15, 0.2) is 12.2 Å². The van der Waals surface area contributed by atoms with Crippen LogP contribution >= 0.6 is 0 Å². The number of aliphatic hydroxyl groups excluding tert-OH is 3. The molecule has 0 fully saturated rings.